The van der Waals surface area contributed by atoms with Gasteiger partial charge in [0.1, 0.15) is 6.04 Å². The van der Waals surface area contributed by atoms with Crippen LogP contribution in [0, 0.1) is 0 Å². The number of rotatable bonds is 9. The van der Waals surface area contributed by atoms with Gasteiger partial charge in [-0.3, -0.25) is 9.59 Å². The van der Waals surface area contributed by atoms with Crippen LogP contribution < -0.4 is 5.32 Å². The van der Waals surface area contributed by atoms with Gasteiger partial charge in [-0.25, -0.2) is 8.42 Å². The SMILES string of the molecule is CC(C)NC(=O)[C@@H](C)N(Cc1ccc(Cl)cc1)C(=O)CN(C)S(=O)(=O)c1ccc2ccccc2c1. The fourth-order valence-electron chi connectivity index (χ4n) is 3.65. The first kappa shape index (κ1) is 26.7. The van der Waals surface area contributed by atoms with E-state index in [4.69, 9.17) is 11.6 Å². The molecule has 3 aromatic carbocycles. The molecular formula is C26H30ClN3O4S. The lowest BCUT2D eigenvalue weighted by molar-refractivity contribution is -0.140. The number of amides is 2. The van der Waals surface area contributed by atoms with E-state index in [1.165, 1.54) is 18.0 Å². The summed E-state index contributed by atoms with van der Waals surface area (Å²) in [6.45, 7) is 5.01. The van der Waals surface area contributed by atoms with Crippen LogP contribution in [0.15, 0.2) is 71.6 Å². The predicted molar refractivity (Wildman–Crippen MR) is 139 cm³/mol. The average Bonchev–Trinajstić information content (AvgIpc) is 2.82. The fourth-order valence-corrected chi connectivity index (χ4v) is 4.93. The van der Waals surface area contributed by atoms with Crippen molar-refractivity contribution in [2.45, 2.75) is 44.3 Å². The van der Waals surface area contributed by atoms with Gasteiger partial charge in [0.05, 0.1) is 11.4 Å². The quantitative estimate of drug-likeness (QED) is 0.465. The molecule has 0 fully saturated rings. The third-order valence-corrected chi connectivity index (χ3v) is 7.70. The largest absolute Gasteiger partial charge is 0.352 e. The minimum atomic E-state index is -3.93. The lowest BCUT2D eigenvalue weighted by Gasteiger charge is -2.30. The second-order valence-electron chi connectivity index (χ2n) is 8.76. The number of nitrogens with zero attached hydrogens (tertiary/aromatic N) is 2. The zero-order valence-electron chi connectivity index (χ0n) is 20.2. The Balaban J connectivity index is 1.84. The first-order valence-electron chi connectivity index (χ1n) is 11.3. The number of carbonyl (C=O) groups is 2. The fraction of sp³-hybridized carbons (Fsp3) is 0.308. The number of fused-ring (bicyclic) bond motifs is 1. The summed E-state index contributed by atoms with van der Waals surface area (Å²) >= 11 is 5.98. The van der Waals surface area contributed by atoms with Gasteiger partial charge in [0.2, 0.25) is 21.8 Å². The molecule has 3 rings (SSSR count). The van der Waals surface area contributed by atoms with E-state index >= 15 is 0 Å². The summed E-state index contributed by atoms with van der Waals surface area (Å²) in [4.78, 5) is 27.6. The summed E-state index contributed by atoms with van der Waals surface area (Å²) in [7, 11) is -2.57. The number of carbonyl (C=O) groups excluding carboxylic acids is 2. The van der Waals surface area contributed by atoms with Crippen LogP contribution in [0.4, 0.5) is 0 Å². The molecule has 0 heterocycles. The second-order valence-corrected chi connectivity index (χ2v) is 11.2. The normalized spacial score (nSPS) is 12.7. The Bertz CT molecular complexity index is 1310. The number of hydrogen-bond acceptors (Lipinski definition) is 4. The highest BCUT2D eigenvalue weighted by Gasteiger charge is 2.30. The Morgan fingerprint density at radius 1 is 0.943 bits per heavy atom. The van der Waals surface area contributed by atoms with Crippen molar-refractivity contribution in [3.63, 3.8) is 0 Å². The summed E-state index contributed by atoms with van der Waals surface area (Å²) in [5.74, 6) is -0.805. The summed E-state index contributed by atoms with van der Waals surface area (Å²) in [5, 5.41) is 5.08. The highest BCUT2D eigenvalue weighted by Crippen LogP contribution is 2.22. The van der Waals surface area contributed by atoms with Gasteiger partial charge in [0.25, 0.3) is 0 Å². The maximum atomic E-state index is 13.4. The monoisotopic (exact) mass is 515 g/mol. The highest BCUT2D eigenvalue weighted by molar-refractivity contribution is 7.89. The van der Waals surface area contributed by atoms with E-state index in [1.54, 1.807) is 43.3 Å². The summed E-state index contributed by atoms with van der Waals surface area (Å²) < 4.78 is 27.5. The summed E-state index contributed by atoms with van der Waals surface area (Å²) in [6, 6.07) is 18.4. The molecule has 0 saturated heterocycles. The molecule has 0 aliphatic heterocycles. The van der Waals surface area contributed by atoms with Crippen molar-refractivity contribution in [3.8, 4) is 0 Å². The maximum Gasteiger partial charge on any atom is 0.243 e. The first-order chi connectivity index (χ1) is 16.5. The summed E-state index contributed by atoms with van der Waals surface area (Å²) in [5.41, 5.74) is 0.770. The van der Waals surface area contributed by atoms with Crippen LogP contribution in [0.25, 0.3) is 10.8 Å². The molecule has 0 spiro atoms. The molecule has 0 unspecified atom stereocenters. The summed E-state index contributed by atoms with van der Waals surface area (Å²) in [6.07, 6.45) is 0. The van der Waals surface area contributed by atoms with E-state index in [0.29, 0.717) is 5.02 Å². The van der Waals surface area contributed by atoms with Gasteiger partial charge in [-0.05, 0) is 61.4 Å². The standard InChI is InChI=1S/C26H30ClN3O4S/c1-18(2)28-26(32)19(3)30(16-20-9-12-23(27)13-10-20)25(31)17-29(4)35(33,34)24-14-11-21-7-5-6-8-22(21)15-24/h5-15,18-19H,16-17H2,1-4H3,(H,28,32)/t19-/m1/s1. The van der Waals surface area contributed by atoms with Crippen LogP contribution in [-0.2, 0) is 26.2 Å². The average molecular weight is 516 g/mol. The van der Waals surface area contributed by atoms with Crippen LogP contribution in [0.2, 0.25) is 5.02 Å². The Morgan fingerprint density at radius 2 is 1.57 bits per heavy atom. The first-order valence-corrected chi connectivity index (χ1v) is 13.1. The molecule has 35 heavy (non-hydrogen) atoms. The Morgan fingerprint density at radius 3 is 2.20 bits per heavy atom. The van der Waals surface area contributed by atoms with Crippen molar-refractivity contribution in [2.75, 3.05) is 13.6 Å². The van der Waals surface area contributed by atoms with Crippen LogP contribution in [0.3, 0.4) is 0 Å². The maximum absolute atomic E-state index is 13.4. The molecule has 7 nitrogen and oxygen atoms in total. The molecule has 1 atom stereocenters. The van der Waals surface area contributed by atoms with Crippen LogP contribution in [-0.4, -0.2) is 55.1 Å². The van der Waals surface area contributed by atoms with Gasteiger partial charge in [-0.2, -0.15) is 4.31 Å². The van der Waals surface area contributed by atoms with Gasteiger partial charge >= 0.3 is 0 Å². The number of likely N-dealkylation sites (N-methyl/N-ethyl adjacent to an activating group) is 1. The third-order valence-electron chi connectivity index (χ3n) is 5.65. The molecule has 186 valence electrons. The van der Waals surface area contributed by atoms with Crippen molar-refractivity contribution < 1.29 is 18.0 Å². The topological polar surface area (TPSA) is 86.8 Å². The molecule has 3 aromatic rings. The molecular weight excluding hydrogens is 486 g/mol. The molecule has 2 amide bonds. The van der Waals surface area contributed by atoms with Crippen molar-refractivity contribution in [1.29, 1.82) is 0 Å². The molecule has 0 aliphatic carbocycles. The second kappa shape index (κ2) is 11.2. The van der Waals surface area contributed by atoms with Crippen molar-refractivity contribution in [2.24, 2.45) is 0 Å². The Kier molecular flexibility index (Phi) is 8.53. The van der Waals surface area contributed by atoms with Crippen molar-refractivity contribution >= 4 is 44.2 Å². The minimum Gasteiger partial charge on any atom is -0.352 e. The molecule has 1 N–H and O–H groups in total. The number of nitrogens with one attached hydrogen (secondary N) is 1. The molecule has 0 aromatic heterocycles. The predicted octanol–water partition coefficient (Wildman–Crippen LogP) is 4.06. The number of hydrogen-bond donors (Lipinski definition) is 1. The van der Waals surface area contributed by atoms with E-state index in [-0.39, 0.29) is 23.4 Å². The van der Waals surface area contributed by atoms with Crippen LogP contribution in [0.5, 0.6) is 0 Å². The number of halogens is 1. The van der Waals surface area contributed by atoms with Gasteiger partial charge in [0.15, 0.2) is 0 Å². The zero-order chi connectivity index (χ0) is 25.8. The van der Waals surface area contributed by atoms with Crippen LogP contribution in [0.1, 0.15) is 26.3 Å². The third kappa shape index (κ3) is 6.60. The highest BCUT2D eigenvalue weighted by atomic mass is 35.5. The number of benzene rings is 3. The van der Waals surface area contributed by atoms with E-state index in [1.807, 2.05) is 38.1 Å². The van der Waals surface area contributed by atoms with Gasteiger partial charge in [-0.15, -0.1) is 0 Å². The molecule has 0 saturated carbocycles. The van der Waals surface area contributed by atoms with Gasteiger partial charge < -0.3 is 10.2 Å². The van der Waals surface area contributed by atoms with Gasteiger partial charge in [-0.1, -0.05) is 54.1 Å². The lowest BCUT2D eigenvalue weighted by Crippen LogP contribution is -2.51. The molecule has 0 bridgehead atoms. The van der Waals surface area contributed by atoms with Crippen LogP contribution >= 0.6 is 11.6 Å². The number of sulfonamides is 1. The molecule has 9 heteroatoms. The Hall–Kier alpha value is -2.94. The lowest BCUT2D eigenvalue weighted by atomic mass is 10.1. The van der Waals surface area contributed by atoms with Gasteiger partial charge in [0, 0.05) is 24.7 Å². The van der Waals surface area contributed by atoms with Crippen molar-refractivity contribution in [3.05, 3.63) is 77.3 Å². The molecule has 0 radical (unpaired) electrons. The van der Waals surface area contributed by atoms with E-state index < -0.39 is 28.5 Å². The minimum absolute atomic E-state index is 0.0985. The zero-order valence-corrected chi connectivity index (χ0v) is 21.8. The van der Waals surface area contributed by atoms with E-state index in [0.717, 1.165) is 20.6 Å². The van der Waals surface area contributed by atoms with Crippen molar-refractivity contribution in [1.82, 2.24) is 14.5 Å². The smallest absolute Gasteiger partial charge is 0.243 e. The molecule has 0 aliphatic rings. The Labute approximate surface area is 211 Å². The van der Waals surface area contributed by atoms with E-state index in [9.17, 15) is 18.0 Å². The van der Waals surface area contributed by atoms with E-state index in [2.05, 4.69) is 5.32 Å².